The molecule has 4 nitrogen and oxygen atoms in total. The van der Waals surface area contributed by atoms with Gasteiger partial charge in [0.15, 0.2) is 0 Å². The molecule has 0 aliphatic carbocycles. The molecule has 1 heterocycles. The molecule has 6 heteroatoms. The Bertz CT molecular complexity index is 992. The Balaban J connectivity index is 1.86. The number of primary amides is 1. The van der Waals surface area contributed by atoms with Crippen LogP contribution in [0, 0.1) is 5.92 Å². The molecule has 0 aliphatic heterocycles. The highest BCUT2D eigenvalue weighted by Crippen LogP contribution is 2.35. The SMILES string of the molecule is CC(C)Cc1ccc(-c2cc(NC(=O)c3ccc(Cl)cc3)c(C(N)=O)s2)cc1. The van der Waals surface area contributed by atoms with Crippen molar-refractivity contribution in [3.8, 4) is 10.4 Å². The fourth-order valence-electron chi connectivity index (χ4n) is 2.88. The highest BCUT2D eigenvalue weighted by molar-refractivity contribution is 7.18. The zero-order chi connectivity index (χ0) is 20.3. The van der Waals surface area contributed by atoms with Crippen molar-refractivity contribution in [1.82, 2.24) is 0 Å². The van der Waals surface area contributed by atoms with E-state index in [-0.39, 0.29) is 5.91 Å². The zero-order valence-electron chi connectivity index (χ0n) is 15.7. The Morgan fingerprint density at radius 1 is 1.07 bits per heavy atom. The number of hydrogen-bond acceptors (Lipinski definition) is 3. The average molecular weight is 413 g/mol. The second kappa shape index (κ2) is 8.59. The summed E-state index contributed by atoms with van der Waals surface area (Å²) < 4.78 is 0. The van der Waals surface area contributed by atoms with Crippen molar-refractivity contribution >= 4 is 40.4 Å². The van der Waals surface area contributed by atoms with Gasteiger partial charge >= 0.3 is 0 Å². The minimum atomic E-state index is -0.570. The summed E-state index contributed by atoms with van der Waals surface area (Å²) in [5.74, 6) is -0.307. The third-order valence-corrected chi connectivity index (χ3v) is 5.64. The van der Waals surface area contributed by atoms with Crippen molar-refractivity contribution < 1.29 is 9.59 Å². The molecule has 0 fully saturated rings. The molecule has 3 rings (SSSR count). The number of rotatable bonds is 6. The van der Waals surface area contributed by atoms with Crippen LogP contribution in [0.4, 0.5) is 5.69 Å². The van der Waals surface area contributed by atoms with E-state index in [9.17, 15) is 9.59 Å². The lowest BCUT2D eigenvalue weighted by Gasteiger charge is -2.05. The van der Waals surface area contributed by atoms with Crippen molar-refractivity contribution in [3.05, 3.63) is 75.6 Å². The van der Waals surface area contributed by atoms with Gasteiger partial charge in [-0.15, -0.1) is 11.3 Å². The van der Waals surface area contributed by atoms with Gasteiger partial charge in [-0.1, -0.05) is 49.7 Å². The number of carbonyl (C=O) groups excluding carboxylic acids is 2. The molecule has 3 N–H and O–H groups in total. The topological polar surface area (TPSA) is 72.2 Å². The average Bonchev–Trinajstić information content (AvgIpc) is 3.06. The maximum absolute atomic E-state index is 12.5. The van der Waals surface area contributed by atoms with Crippen LogP contribution >= 0.6 is 22.9 Å². The van der Waals surface area contributed by atoms with Gasteiger partial charge in [-0.25, -0.2) is 0 Å². The van der Waals surface area contributed by atoms with Crippen molar-refractivity contribution in [2.45, 2.75) is 20.3 Å². The highest BCUT2D eigenvalue weighted by Gasteiger charge is 2.17. The number of carbonyl (C=O) groups is 2. The van der Waals surface area contributed by atoms with Gasteiger partial charge in [0.1, 0.15) is 4.88 Å². The van der Waals surface area contributed by atoms with E-state index in [0.29, 0.717) is 27.1 Å². The molecule has 0 unspecified atom stereocenters. The highest BCUT2D eigenvalue weighted by atomic mass is 35.5. The summed E-state index contributed by atoms with van der Waals surface area (Å²) in [5.41, 5.74) is 8.63. The van der Waals surface area contributed by atoms with Crippen LogP contribution in [0.2, 0.25) is 5.02 Å². The molecule has 2 aromatic carbocycles. The molecule has 0 bridgehead atoms. The number of nitrogens with one attached hydrogen (secondary N) is 1. The number of thiophene rings is 1. The summed E-state index contributed by atoms with van der Waals surface area (Å²) in [7, 11) is 0. The first-order chi connectivity index (χ1) is 13.3. The number of anilines is 1. The molecule has 0 saturated heterocycles. The first-order valence-electron chi connectivity index (χ1n) is 8.93. The van der Waals surface area contributed by atoms with Gasteiger partial charge < -0.3 is 11.1 Å². The third-order valence-electron chi connectivity index (χ3n) is 4.19. The Kier molecular flexibility index (Phi) is 6.17. The molecule has 0 atom stereocenters. The maximum Gasteiger partial charge on any atom is 0.260 e. The van der Waals surface area contributed by atoms with Gasteiger partial charge in [0.2, 0.25) is 0 Å². The van der Waals surface area contributed by atoms with Crippen molar-refractivity contribution in [2.24, 2.45) is 11.7 Å². The summed E-state index contributed by atoms with van der Waals surface area (Å²) in [6.07, 6.45) is 1.01. The molecular formula is C22H21ClN2O2S. The second-order valence-corrected chi connectivity index (χ2v) is 8.46. The van der Waals surface area contributed by atoms with E-state index < -0.39 is 5.91 Å². The van der Waals surface area contributed by atoms with Gasteiger partial charge in [-0.05, 0) is 53.8 Å². The predicted octanol–water partition coefficient (Wildman–Crippen LogP) is 5.62. The fraction of sp³-hybridized carbons (Fsp3) is 0.182. The summed E-state index contributed by atoms with van der Waals surface area (Å²) in [6.45, 7) is 4.37. The van der Waals surface area contributed by atoms with Gasteiger partial charge in [0.05, 0.1) is 5.69 Å². The van der Waals surface area contributed by atoms with E-state index in [1.54, 1.807) is 30.3 Å². The van der Waals surface area contributed by atoms with Crippen LogP contribution in [-0.4, -0.2) is 11.8 Å². The van der Waals surface area contributed by atoms with Crippen LogP contribution in [0.15, 0.2) is 54.6 Å². The Morgan fingerprint density at radius 3 is 2.29 bits per heavy atom. The number of halogens is 1. The van der Waals surface area contributed by atoms with Crippen LogP contribution in [0.25, 0.3) is 10.4 Å². The van der Waals surface area contributed by atoms with Crippen LogP contribution in [0.5, 0.6) is 0 Å². The summed E-state index contributed by atoms with van der Waals surface area (Å²) >= 11 is 7.13. The quantitative estimate of drug-likeness (QED) is 0.551. The molecule has 0 saturated carbocycles. The Morgan fingerprint density at radius 2 is 1.71 bits per heavy atom. The van der Waals surface area contributed by atoms with Crippen molar-refractivity contribution in [2.75, 3.05) is 5.32 Å². The van der Waals surface area contributed by atoms with E-state index in [1.807, 2.05) is 12.1 Å². The zero-order valence-corrected chi connectivity index (χ0v) is 17.2. The molecule has 0 radical (unpaired) electrons. The van der Waals surface area contributed by atoms with Gasteiger partial charge in [-0.3, -0.25) is 9.59 Å². The standard InChI is InChI=1S/C22H21ClN2O2S/c1-13(2)11-14-3-5-15(6-4-14)19-12-18(20(28-19)21(24)26)25-22(27)16-7-9-17(23)10-8-16/h3-10,12-13H,11H2,1-2H3,(H2,24,26)(H,25,27). The number of nitrogens with two attached hydrogens (primary N) is 1. The molecule has 0 aliphatic rings. The van der Waals surface area contributed by atoms with Crippen LogP contribution < -0.4 is 11.1 Å². The van der Waals surface area contributed by atoms with Crippen LogP contribution in [0.3, 0.4) is 0 Å². The van der Waals surface area contributed by atoms with E-state index >= 15 is 0 Å². The first kappa shape index (κ1) is 20.1. The fourth-order valence-corrected chi connectivity index (χ4v) is 3.98. The van der Waals surface area contributed by atoms with Crippen molar-refractivity contribution in [3.63, 3.8) is 0 Å². The van der Waals surface area contributed by atoms with Crippen molar-refractivity contribution in [1.29, 1.82) is 0 Å². The molecule has 3 aromatic rings. The Hall–Kier alpha value is -2.63. The van der Waals surface area contributed by atoms with E-state index in [4.69, 9.17) is 17.3 Å². The van der Waals surface area contributed by atoms with Gasteiger partial charge in [0.25, 0.3) is 11.8 Å². The number of benzene rings is 2. The normalized spacial score (nSPS) is 10.9. The molecule has 144 valence electrons. The third kappa shape index (κ3) is 4.80. The molecule has 0 spiro atoms. The maximum atomic E-state index is 12.5. The lowest BCUT2D eigenvalue weighted by atomic mass is 10.0. The van der Waals surface area contributed by atoms with E-state index in [1.165, 1.54) is 16.9 Å². The van der Waals surface area contributed by atoms with Gasteiger partial charge in [-0.2, -0.15) is 0 Å². The summed E-state index contributed by atoms with van der Waals surface area (Å²) in [5, 5.41) is 3.33. The second-order valence-electron chi connectivity index (χ2n) is 6.97. The van der Waals surface area contributed by atoms with Crippen LogP contribution in [-0.2, 0) is 6.42 Å². The number of amides is 2. The monoisotopic (exact) mass is 412 g/mol. The smallest absolute Gasteiger partial charge is 0.260 e. The number of hydrogen-bond donors (Lipinski definition) is 2. The lowest BCUT2D eigenvalue weighted by molar-refractivity contribution is 0.100. The van der Waals surface area contributed by atoms with Crippen LogP contribution in [0.1, 0.15) is 39.4 Å². The lowest BCUT2D eigenvalue weighted by Crippen LogP contribution is -2.16. The minimum Gasteiger partial charge on any atom is -0.365 e. The minimum absolute atomic E-state index is 0.323. The van der Waals surface area contributed by atoms with E-state index in [2.05, 4.69) is 31.3 Å². The largest absolute Gasteiger partial charge is 0.365 e. The molecule has 28 heavy (non-hydrogen) atoms. The molecule has 2 amide bonds. The first-order valence-corrected chi connectivity index (χ1v) is 10.1. The van der Waals surface area contributed by atoms with Gasteiger partial charge in [0, 0.05) is 15.5 Å². The summed E-state index contributed by atoms with van der Waals surface area (Å²) in [6, 6.07) is 16.6. The molecular weight excluding hydrogens is 392 g/mol. The summed E-state index contributed by atoms with van der Waals surface area (Å²) in [4.78, 5) is 25.6. The van der Waals surface area contributed by atoms with E-state index in [0.717, 1.165) is 16.9 Å². The molecule has 1 aromatic heterocycles. The Labute approximate surface area is 173 Å². The predicted molar refractivity (Wildman–Crippen MR) is 116 cm³/mol.